The number of hydrogen-bond acceptors (Lipinski definition) is 5. The minimum absolute atomic E-state index is 0.00493. The number of ether oxygens (including phenoxy) is 1. The van der Waals surface area contributed by atoms with E-state index in [0.29, 0.717) is 19.4 Å². The van der Waals surface area contributed by atoms with Gasteiger partial charge in [-0.2, -0.15) is 0 Å². The fourth-order valence-electron chi connectivity index (χ4n) is 9.43. The monoisotopic (exact) mass is 970 g/mol. The van der Waals surface area contributed by atoms with Gasteiger partial charge >= 0.3 is 5.97 Å². The van der Waals surface area contributed by atoms with Crippen LogP contribution < -0.4 is 5.32 Å². The number of hydrogen-bond donors (Lipinski definition) is 3. The number of unbranched alkanes of at least 4 members (excludes halogenated alkanes) is 42. The standard InChI is InChI=1S/C63H119NO5/c1-3-5-7-9-11-13-15-17-19-21-23-27-31-35-39-43-47-51-55-61(66)60(59-65)64-62(67)56-52-48-44-40-36-32-28-25-26-30-34-38-42-46-50-54-58-69-63(68)57-53-49-45-41-37-33-29-24-22-20-18-16-14-12-10-8-6-4-2/h14,16,20,22,51,55,60-61,65-66H,3-13,15,17-19,21,23-50,52-54,56-59H2,1-2H3,(H,64,67)/b16-14-,22-20-,55-51+. The SMILES string of the molecule is CCCCCC/C=C\C/C=C\CCCCCCCCCC(=O)OCCCCCCCCCCCCCCCCCCC(=O)NC(CO)C(O)/C=C/CCCCCCCCCCCCCCCCCC. The molecule has 0 aromatic rings. The summed E-state index contributed by atoms with van der Waals surface area (Å²) >= 11 is 0. The molecule has 3 N–H and O–H groups in total. The van der Waals surface area contributed by atoms with Crippen LogP contribution in [0.5, 0.6) is 0 Å². The molecule has 406 valence electrons. The highest BCUT2D eigenvalue weighted by Crippen LogP contribution is 2.17. The predicted molar refractivity (Wildman–Crippen MR) is 301 cm³/mol. The van der Waals surface area contributed by atoms with Gasteiger partial charge in [-0.15, -0.1) is 0 Å². The molecule has 6 heteroatoms. The third kappa shape index (κ3) is 55.2. The molecule has 2 unspecified atom stereocenters. The highest BCUT2D eigenvalue weighted by molar-refractivity contribution is 5.76. The second-order valence-electron chi connectivity index (χ2n) is 21.0. The Morgan fingerprint density at radius 3 is 1.12 bits per heavy atom. The van der Waals surface area contributed by atoms with Crippen molar-refractivity contribution in [3.63, 3.8) is 0 Å². The largest absolute Gasteiger partial charge is 0.466 e. The Labute approximate surface area is 430 Å². The molecular weight excluding hydrogens is 851 g/mol. The Morgan fingerprint density at radius 2 is 0.725 bits per heavy atom. The Kier molecular flexibility index (Phi) is 57.0. The predicted octanol–water partition coefficient (Wildman–Crippen LogP) is 19.2. The molecule has 0 aromatic heterocycles. The lowest BCUT2D eigenvalue weighted by Gasteiger charge is -2.20. The molecule has 0 aromatic carbocycles. The molecule has 2 atom stereocenters. The van der Waals surface area contributed by atoms with E-state index >= 15 is 0 Å². The fourth-order valence-corrected chi connectivity index (χ4v) is 9.43. The summed E-state index contributed by atoms with van der Waals surface area (Å²) in [5.74, 6) is -0.0781. The van der Waals surface area contributed by atoms with E-state index in [9.17, 15) is 19.8 Å². The third-order valence-electron chi connectivity index (χ3n) is 14.2. The molecule has 1 amide bonds. The first kappa shape index (κ1) is 67.1. The third-order valence-corrected chi connectivity index (χ3v) is 14.2. The van der Waals surface area contributed by atoms with Crippen LogP contribution in [-0.2, 0) is 14.3 Å². The number of carbonyl (C=O) groups is 2. The van der Waals surface area contributed by atoms with Gasteiger partial charge in [-0.25, -0.2) is 0 Å². The molecule has 0 aliphatic rings. The van der Waals surface area contributed by atoms with Crippen LogP contribution in [0.4, 0.5) is 0 Å². The highest BCUT2D eigenvalue weighted by atomic mass is 16.5. The number of carbonyl (C=O) groups excluding carboxylic acids is 2. The average Bonchev–Trinajstić information content (AvgIpc) is 3.35. The summed E-state index contributed by atoms with van der Waals surface area (Å²) in [4.78, 5) is 24.6. The van der Waals surface area contributed by atoms with Gasteiger partial charge in [-0.3, -0.25) is 9.59 Å². The molecule has 6 nitrogen and oxygen atoms in total. The van der Waals surface area contributed by atoms with Gasteiger partial charge in [0.05, 0.1) is 25.4 Å². The molecule has 0 radical (unpaired) electrons. The van der Waals surface area contributed by atoms with Gasteiger partial charge in [0.2, 0.25) is 5.91 Å². The van der Waals surface area contributed by atoms with Crippen LogP contribution in [0.2, 0.25) is 0 Å². The number of nitrogens with one attached hydrogen (secondary N) is 1. The van der Waals surface area contributed by atoms with Crippen molar-refractivity contribution in [1.82, 2.24) is 5.32 Å². The van der Waals surface area contributed by atoms with Gasteiger partial charge < -0.3 is 20.3 Å². The van der Waals surface area contributed by atoms with Crippen molar-refractivity contribution in [2.45, 2.75) is 341 Å². The van der Waals surface area contributed by atoms with Crippen LogP contribution in [0, 0.1) is 0 Å². The second-order valence-corrected chi connectivity index (χ2v) is 21.0. The first-order valence-electron chi connectivity index (χ1n) is 30.8. The van der Waals surface area contributed by atoms with Crippen LogP contribution in [0.25, 0.3) is 0 Å². The van der Waals surface area contributed by atoms with Crippen molar-refractivity contribution in [1.29, 1.82) is 0 Å². The number of aliphatic hydroxyl groups is 2. The summed E-state index contributed by atoms with van der Waals surface area (Å²) in [6.07, 6.45) is 73.1. The molecule has 0 bridgehead atoms. The minimum Gasteiger partial charge on any atom is -0.466 e. The fraction of sp³-hybridized carbons (Fsp3) is 0.873. The van der Waals surface area contributed by atoms with Crippen molar-refractivity contribution in [3.8, 4) is 0 Å². The number of rotatable bonds is 57. The van der Waals surface area contributed by atoms with E-state index in [1.165, 1.54) is 250 Å². The molecule has 0 saturated carbocycles. The summed E-state index contributed by atoms with van der Waals surface area (Å²) < 4.78 is 5.49. The lowest BCUT2D eigenvalue weighted by atomic mass is 10.0. The molecule has 0 aliphatic heterocycles. The van der Waals surface area contributed by atoms with Crippen molar-refractivity contribution >= 4 is 11.9 Å². The number of amides is 1. The van der Waals surface area contributed by atoms with Gasteiger partial charge in [0.15, 0.2) is 0 Å². The van der Waals surface area contributed by atoms with Gasteiger partial charge in [-0.1, -0.05) is 288 Å². The van der Waals surface area contributed by atoms with Crippen LogP contribution in [-0.4, -0.2) is 47.4 Å². The van der Waals surface area contributed by atoms with Crippen LogP contribution >= 0.6 is 0 Å². The maximum Gasteiger partial charge on any atom is 0.305 e. The topological polar surface area (TPSA) is 95.9 Å². The molecule has 0 spiro atoms. The number of esters is 1. The zero-order chi connectivity index (χ0) is 50.0. The Balaban J connectivity index is 3.45. The van der Waals surface area contributed by atoms with E-state index in [0.717, 1.165) is 51.4 Å². The molecular formula is C63H119NO5. The van der Waals surface area contributed by atoms with E-state index < -0.39 is 12.1 Å². The van der Waals surface area contributed by atoms with Crippen molar-refractivity contribution in [2.24, 2.45) is 0 Å². The summed E-state index contributed by atoms with van der Waals surface area (Å²) in [6.45, 7) is 4.89. The van der Waals surface area contributed by atoms with E-state index in [1.807, 2.05) is 6.08 Å². The minimum atomic E-state index is -0.850. The maximum atomic E-state index is 12.5. The summed E-state index contributed by atoms with van der Waals surface area (Å²) in [5, 5.41) is 23.2. The molecule has 0 fully saturated rings. The van der Waals surface area contributed by atoms with Crippen LogP contribution in [0.15, 0.2) is 36.5 Å². The van der Waals surface area contributed by atoms with Crippen molar-refractivity contribution < 1.29 is 24.5 Å². The second kappa shape index (κ2) is 58.6. The van der Waals surface area contributed by atoms with E-state index in [1.54, 1.807) is 6.08 Å². The van der Waals surface area contributed by atoms with Gasteiger partial charge in [-0.05, 0) is 64.2 Å². The molecule has 0 rings (SSSR count). The Hall–Kier alpha value is -1.92. The first-order chi connectivity index (χ1) is 34.0. The smallest absolute Gasteiger partial charge is 0.305 e. The Bertz CT molecular complexity index is 1120. The van der Waals surface area contributed by atoms with Gasteiger partial charge in [0.1, 0.15) is 0 Å². The average molecular weight is 971 g/mol. The molecule has 69 heavy (non-hydrogen) atoms. The summed E-state index contributed by atoms with van der Waals surface area (Å²) in [7, 11) is 0. The number of aliphatic hydroxyl groups excluding tert-OH is 2. The van der Waals surface area contributed by atoms with Gasteiger partial charge in [0, 0.05) is 12.8 Å². The summed E-state index contributed by atoms with van der Waals surface area (Å²) in [5.41, 5.74) is 0. The number of allylic oxidation sites excluding steroid dienone is 5. The maximum absolute atomic E-state index is 12.5. The van der Waals surface area contributed by atoms with E-state index in [-0.39, 0.29) is 18.5 Å². The van der Waals surface area contributed by atoms with Crippen molar-refractivity contribution in [3.05, 3.63) is 36.5 Å². The van der Waals surface area contributed by atoms with Crippen molar-refractivity contribution in [2.75, 3.05) is 13.2 Å². The normalized spacial score (nSPS) is 12.8. The lowest BCUT2D eigenvalue weighted by molar-refractivity contribution is -0.143. The van der Waals surface area contributed by atoms with Crippen LogP contribution in [0.3, 0.4) is 0 Å². The first-order valence-corrected chi connectivity index (χ1v) is 30.8. The van der Waals surface area contributed by atoms with Crippen LogP contribution in [0.1, 0.15) is 328 Å². The summed E-state index contributed by atoms with van der Waals surface area (Å²) in [6, 6.07) is -0.634. The molecule has 0 aliphatic carbocycles. The van der Waals surface area contributed by atoms with E-state index in [2.05, 4.69) is 43.5 Å². The zero-order valence-electron chi connectivity index (χ0n) is 46.3. The molecule has 0 heterocycles. The quantitative estimate of drug-likeness (QED) is 0.0321. The highest BCUT2D eigenvalue weighted by Gasteiger charge is 2.18. The van der Waals surface area contributed by atoms with Gasteiger partial charge in [0.25, 0.3) is 0 Å². The zero-order valence-corrected chi connectivity index (χ0v) is 46.3. The molecule has 0 saturated heterocycles. The lowest BCUT2D eigenvalue weighted by Crippen LogP contribution is -2.45. The Morgan fingerprint density at radius 1 is 0.406 bits per heavy atom. The van der Waals surface area contributed by atoms with E-state index in [4.69, 9.17) is 4.74 Å².